The van der Waals surface area contributed by atoms with Crippen molar-refractivity contribution in [3.8, 4) is 11.1 Å². The Balaban J connectivity index is 1.53. The molecule has 2 aliphatic heterocycles. The summed E-state index contributed by atoms with van der Waals surface area (Å²) in [5.74, 6) is 0.711. The third kappa shape index (κ3) is 2.59. The number of fused-ring (bicyclic) bond motifs is 4. The zero-order valence-corrected chi connectivity index (χ0v) is 18.1. The molecule has 160 valence electrons. The Morgan fingerprint density at radius 3 is 2.65 bits per heavy atom. The Bertz CT molecular complexity index is 1390. The van der Waals surface area contributed by atoms with Gasteiger partial charge in [-0.25, -0.2) is 4.68 Å². The third-order valence-electron chi connectivity index (χ3n) is 6.89. The van der Waals surface area contributed by atoms with E-state index in [1.54, 1.807) is 29.5 Å². The van der Waals surface area contributed by atoms with Crippen LogP contribution in [0.15, 0.2) is 23.1 Å². The molecular weight excluding hydrogens is 416 g/mol. The van der Waals surface area contributed by atoms with Gasteiger partial charge in [-0.3, -0.25) is 9.36 Å². The van der Waals surface area contributed by atoms with Crippen molar-refractivity contribution in [3.63, 3.8) is 0 Å². The Labute approximate surface area is 182 Å². The molecule has 9 nitrogen and oxygen atoms in total. The van der Waals surface area contributed by atoms with Crippen LogP contribution in [-0.4, -0.2) is 47.7 Å². The average Bonchev–Trinajstić information content (AvgIpc) is 3.40. The Morgan fingerprint density at radius 1 is 1.16 bits per heavy atom. The number of benzene rings is 1. The van der Waals surface area contributed by atoms with E-state index >= 15 is 0 Å². The van der Waals surface area contributed by atoms with Crippen LogP contribution in [-0.2, 0) is 14.1 Å². The summed E-state index contributed by atoms with van der Waals surface area (Å²) in [4.78, 5) is 23.9. The summed E-state index contributed by atoms with van der Waals surface area (Å²) in [6.07, 6.45) is 5.87. The lowest BCUT2D eigenvalue weighted by atomic mass is 9.98. The van der Waals surface area contributed by atoms with Crippen molar-refractivity contribution >= 4 is 39.6 Å². The van der Waals surface area contributed by atoms with Crippen molar-refractivity contribution in [2.45, 2.75) is 43.8 Å². The number of nitrogens with one attached hydrogen (secondary N) is 1. The molecule has 31 heavy (non-hydrogen) atoms. The van der Waals surface area contributed by atoms with Crippen molar-refractivity contribution in [2.75, 3.05) is 4.90 Å². The predicted molar refractivity (Wildman–Crippen MR) is 120 cm³/mol. The Hall–Kier alpha value is -2.91. The second-order valence-corrected chi connectivity index (χ2v) is 9.11. The molecule has 5 heterocycles. The summed E-state index contributed by atoms with van der Waals surface area (Å²) in [6, 6.07) is 4.65. The molecular formula is C21H23ClN8O. The highest BCUT2D eigenvalue weighted by Crippen LogP contribution is 2.39. The van der Waals surface area contributed by atoms with Gasteiger partial charge in [0.2, 0.25) is 5.95 Å². The molecule has 0 saturated carbocycles. The van der Waals surface area contributed by atoms with Crippen LogP contribution in [0.2, 0.25) is 5.02 Å². The normalized spacial score (nSPS) is 23.4. The SMILES string of the molecule is Cn1c(N2C3CCC2CC(N)C3)nc2[nH]cc(-c3ccc4nnn(C)c4c3Cl)c2c1=O. The van der Waals surface area contributed by atoms with Gasteiger partial charge in [0.1, 0.15) is 16.7 Å². The monoisotopic (exact) mass is 438 g/mol. The first-order valence-corrected chi connectivity index (χ1v) is 10.9. The first-order valence-electron chi connectivity index (χ1n) is 10.5. The van der Waals surface area contributed by atoms with Gasteiger partial charge < -0.3 is 15.6 Å². The van der Waals surface area contributed by atoms with Crippen LogP contribution in [0.1, 0.15) is 25.7 Å². The van der Waals surface area contributed by atoms with E-state index in [1.165, 1.54) is 0 Å². The lowest BCUT2D eigenvalue weighted by molar-refractivity contribution is 0.405. The summed E-state index contributed by atoms with van der Waals surface area (Å²) >= 11 is 6.72. The van der Waals surface area contributed by atoms with Gasteiger partial charge >= 0.3 is 0 Å². The molecule has 2 unspecified atom stereocenters. The van der Waals surface area contributed by atoms with E-state index in [2.05, 4.69) is 20.2 Å². The zero-order valence-electron chi connectivity index (χ0n) is 17.3. The minimum atomic E-state index is -0.0928. The number of H-pyrrole nitrogens is 1. The highest BCUT2D eigenvalue weighted by atomic mass is 35.5. The number of piperidine rings is 1. The zero-order chi connectivity index (χ0) is 21.4. The standard InChI is InChI=1S/C21H23ClN8O/c1-28-20(31)16-14(13-5-6-15-18(17(13)22)29(2)27-26-15)9-24-19(16)25-21(28)30-11-3-4-12(30)8-10(23)7-11/h5-6,9-12,24H,3-4,7-8,23H2,1-2H3. The number of hydrogen-bond acceptors (Lipinski definition) is 6. The summed E-state index contributed by atoms with van der Waals surface area (Å²) < 4.78 is 3.31. The van der Waals surface area contributed by atoms with Crippen molar-refractivity contribution in [1.82, 2.24) is 29.5 Å². The molecule has 2 fully saturated rings. The Morgan fingerprint density at radius 2 is 1.90 bits per heavy atom. The summed E-state index contributed by atoms with van der Waals surface area (Å²) in [5.41, 5.74) is 9.64. The second kappa shape index (κ2) is 6.54. The number of rotatable bonds is 2. The first kappa shape index (κ1) is 18.8. The van der Waals surface area contributed by atoms with Gasteiger partial charge in [-0.05, 0) is 31.7 Å². The van der Waals surface area contributed by atoms with Crippen LogP contribution in [0, 0.1) is 0 Å². The number of nitrogens with zero attached hydrogens (tertiary/aromatic N) is 6. The number of aromatic nitrogens is 6. The van der Waals surface area contributed by atoms with E-state index < -0.39 is 0 Å². The van der Waals surface area contributed by atoms with Gasteiger partial charge in [0.05, 0.1) is 10.4 Å². The van der Waals surface area contributed by atoms with Crippen LogP contribution >= 0.6 is 11.6 Å². The van der Waals surface area contributed by atoms with E-state index in [0.717, 1.165) is 42.3 Å². The fourth-order valence-corrected chi connectivity index (χ4v) is 5.83. The Kier molecular flexibility index (Phi) is 3.97. The molecule has 2 bridgehead atoms. The third-order valence-corrected chi connectivity index (χ3v) is 7.27. The number of nitrogens with two attached hydrogens (primary N) is 1. The minimum Gasteiger partial charge on any atom is -0.345 e. The summed E-state index contributed by atoms with van der Waals surface area (Å²) in [5, 5.41) is 9.20. The van der Waals surface area contributed by atoms with E-state index in [4.69, 9.17) is 22.3 Å². The van der Waals surface area contributed by atoms with Gasteiger partial charge in [0, 0.05) is 49.5 Å². The van der Waals surface area contributed by atoms with Gasteiger partial charge in [0.15, 0.2) is 0 Å². The number of aryl methyl sites for hydroxylation is 1. The summed E-state index contributed by atoms with van der Waals surface area (Å²) in [6.45, 7) is 0. The van der Waals surface area contributed by atoms with E-state index in [1.807, 2.05) is 12.1 Å². The highest BCUT2D eigenvalue weighted by Gasteiger charge is 2.41. The van der Waals surface area contributed by atoms with Crippen molar-refractivity contribution in [2.24, 2.45) is 19.8 Å². The molecule has 0 radical (unpaired) electrons. The fourth-order valence-electron chi connectivity index (χ4n) is 5.45. The predicted octanol–water partition coefficient (Wildman–Crippen LogP) is 2.32. The van der Waals surface area contributed by atoms with Crippen LogP contribution in [0.4, 0.5) is 5.95 Å². The quantitative estimate of drug-likeness (QED) is 0.497. The van der Waals surface area contributed by atoms with Crippen molar-refractivity contribution in [3.05, 3.63) is 33.7 Å². The molecule has 3 aromatic heterocycles. The smallest absolute Gasteiger partial charge is 0.264 e. The van der Waals surface area contributed by atoms with Gasteiger partial charge in [-0.15, -0.1) is 5.10 Å². The summed E-state index contributed by atoms with van der Waals surface area (Å²) in [7, 11) is 3.59. The fraction of sp³-hybridized carbons (Fsp3) is 0.429. The largest absolute Gasteiger partial charge is 0.345 e. The molecule has 0 aliphatic carbocycles. The van der Waals surface area contributed by atoms with E-state index in [9.17, 15) is 4.79 Å². The lowest BCUT2D eigenvalue weighted by Crippen LogP contribution is -2.49. The molecule has 1 aromatic carbocycles. The lowest BCUT2D eigenvalue weighted by Gasteiger charge is -2.38. The number of halogens is 1. The number of hydrogen-bond donors (Lipinski definition) is 2. The topological polar surface area (TPSA) is 111 Å². The first-order chi connectivity index (χ1) is 14.9. The maximum atomic E-state index is 13.5. The maximum Gasteiger partial charge on any atom is 0.264 e. The molecule has 4 aromatic rings. The molecule has 10 heteroatoms. The molecule has 2 atom stereocenters. The van der Waals surface area contributed by atoms with Gasteiger partial charge in [-0.1, -0.05) is 22.9 Å². The molecule has 2 saturated heterocycles. The molecule has 3 N–H and O–H groups in total. The maximum absolute atomic E-state index is 13.5. The van der Waals surface area contributed by atoms with E-state index in [0.29, 0.717) is 39.6 Å². The average molecular weight is 439 g/mol. The molecule has 6 rings (SSSR count). The van der Waals surface area contributed by atoms with Crippen molar-refractivity contribution < 1.29 is 0 Å². The van der Waals surface area contributed by atoms with Crippen LogP contribution in [0.5, 0.6) is 0 Å². The van der Waals surface area contributed by atoms with Crippen molar-refractivity contribution in [1.29, 1.82) is 0 Å². The van der Waals surface area contributed by atoms with Crippen LogP contribution < -0.4 is 16.2 Å². The second-order valence-electron chi connectivity index (χ2n) is 8.73. The molecule has 0 spiro atoms. The van der Waals surface area contributed by atoms with Crippen LogP contribution in [0.3, 0.4) is 0 Å². The number of aromatic amines is 1. The minimum absolute atomic E-state index is 0.0928. The number of anilines is 1. The molecule has 0 amide bonds. The molecule has 2 aliphatic rings. The van der Waals surface area contributed by atoms with Crippen LogP contribution in [0.25, 0.3) is 33.2 Å². The van der Waals surface area contributed by atoms with Gasteiger partial charge in [0.25, 0.3) is 5.56 Å². The van der Waals surface area contributed by atoms with E-state index in [-0.39, 0.29) is 11.6 Å². The van der Waals surface area contributed by atoms with Gasteiger partial charge in [-0.2, -0.15) is 4.98 Å². The highest BCUT2D eigenvalue weighted by molar-refractivity contribution is 6.38.